The third kappa shape index (κ3) is 5.56. The summed E-state index contributed by atoms with van der Waals surface area (Å²) in [6.45, 7) is 3.85. The Morgan fingerprint density at radius 2 is 2.11 bits per heavy atom. The third-order valence-electron chi connectivity index (χ3n) is 4.25. The standard InChI is InChI=1S/C17H24N2O7S/c1-12(2)9-18(13-6-7-27(23,24)11-13)17(20)10-26-16-5-4-14(25-3)8-15(16)19(21)22/h4-5,8,12-13H,6-7,9-11H2,1-3H3/t13-/m0/s1. The van der Waals surface area contributed by atoms with Crippen molar-refractivity contribution in [1.82, 2.24) is 4.90 Å². The number of hydrogen-bond donors (Lipinski definition) is 0. The van der Waals surface area contributed by atoms with Gasteiger partial charge in [-0.1, -0.05) is 13.8 Å². The molecule has 0 aliphatic carbocycles. The largest absolute Gasteiger partial charge is 0.496 e. The van der Waals surface area contributed by atoms with Crippen LogP contribution in [-0.4, -0.2) is 62.0 Å². The molecule has 0 radical (unpaired) electrons. The van der Waals surface area contributed by atoms with E-state index in [0.29, 0.717) is 18.7 Å². The van der Waals surface area contributed by atoms with Crippen LogP contribution >= 0.6 is 0 Å². The number of hydrogen-bond acceptors (Lipinski definition) is 7. The van der Waals surface area contributed by atoms with Gasteiger partial charge in [-0.15, -0.1) is 0 Å². The molecule has 1 amide bonds. The summed E-state index contributed by atoms with van der Waals surface area (Å²) in [6.07, 6.45) is 0.392. The van der Waals surface area contributed by atoms with Gasteiger partial charge in [-0.05, 0) is 24.5 Å². The lowest BCUT2D eigenvalue weighted by Gasteiger charge is -2.29. The van der Waals surface area contributed by atoms with Crippen LogP contribution in [0.1, 0.15) is 20.3 Å². The van der Waals surface area contributed by atoms with Gasteiger partial charge >= 0.3 is 5.69 Å². The van der Waals surface area contributed by atoms with E-state index < -0.39 is 27.3 Å². The van der Waals surface area contributed by atoms with Gasteiger partial charge in [0, 0.05) is 12.6 Å². The molecule has 1 saturated heterocycles. The summed E-state index contributed by atoms with van der Waals surface area (Å²) in [5.74, 6) is 0.0116. The minimum atomic E-state index is -3.14. The molecular weight excluding hydrogens is 376 g/mol. The number of benzene rings is 1. The summed E-state index contributed by atoms with van der Waals surface area (Å²) in [5.41, 5.74) is -0.305. The molecule has 0 bridgehead atoms. The summed E-state index contributed by atoms with van der Waals surface area (Å²) in [7, 11) is -1.75. The number of nitro benzene ring substituents is 1. The third-order valence-corrected chi connectivity index (χ3v) is 6.00. The monoisotopic (exact) mass is 400 g/mol. The number of carbonyl (C=O) groups excluding carboxylic acids is 1. The highest BCUT2D eigenvalue weighted by Gasteiger charge is 2.35. The zero-order valence-corrected chi connectivity index (χ0v) is 16.4. The average molecular weight is 400 g/mol. The van der Waals surface area contributed by atoms with Gasteiger partial charge in [-0.3, -0.25) is 14.9 Å². The second-order valence-corrected chi connectivity index (χ2v) is 9.10. The van der Waals surface area contributed by atoms with Gasteiger partial charge in [0.2, 0.25) is 0 Å². The SMILES string of the molecule is COc1ccc(OCC(=O)N(CC(C)C)[C@H]2CCS(=O)(=O)C2)c([N+](=O)[O-])c1. The molecule has 0 N–H and O–H groups in total. The molecule has 0 spiro atoms. The Balaban J connectivity index is 2.13. The molecule has 9 nitrogen and oxygen atoms in total. The maximum atomic E-state index is 12.7. The van der Waals surface area contributed by atoms with Crippen molar-refractivity contribution < 1.29 is 27.6 Å². The van der Waals surface area contributed by atoms with Crippen LogP contribution in [0.5, 0.6) is 11.5 Å². The van der Waals surface area contributed by atoms with Gasteiger partial charge in [-0.25, -0.2) is 8.42 Å². The first-order chi connectivity index (χ1) is 12.6. The molecule has 27 heavy (non-hydrogen) atoms. The minimum Gasteiger partial charge on any atom is -0.496 e. The van der Waals surface area contributed by atoms with Crippen LogP contribution in [0, 0.1) is 16.0 Å². The van der Waals surface area contributed by atoms with Gasteiger partial charge in [0.1, 0.15) is 5.75 Å². The molecule has 1 aromatic rings. The first-order valence-corrected chi connectivity index (χ1v) is 10.4. The van der Waals surface area contributed by atoms with Crippen LogP contribution in [0.3, 0.4) is 0 Å². The molecule has 150 valence electrons. The van der Waals surface area contributed by atoms with Gasteiger partial charge in [0.25, 0.3) is 5.91 Å². The maximum absolute atomic E-state index is 12.7. The Morgan fingerprint density at radius 3 is 2.63 bits per heavy atom. The first kappa shape index (κ1) is 20.9. The summed E-state index contributed by atoms with van der Waals surface area (Å²) in [6, 6.07) is 3.70. The lowest BCUT2D eigenvalue weighted by molar-refractivity contribution is -0.385. The van der Waals surface area contributed by atoms with Gasteiger partial charge < -0.3 is 14.4 Å². The average Bonchev–Trinajstić information content (AvgIpc) is 2.96. The van der Waals surface area contributed by atoms with Crippen molar-refractivity contribution in [2.75, 3.05) is 31.8 Å². The molecular formula is C17H24N2O7S. The fourth-order valence-corrected chi connectivity index (χ4v) is 4.71. The smallest absolute Gasteiger partial charge is 0.314 e. The van der Waals surface area contributed by atoms with Crippen molar-refractivity contribution in [3.8, 4) is 11.5 Å². The highest BCUT2D eigenvalue weighted by Crippen LogP contribution is 2.31. The molecule has 0 saturated carbocycles. The summed E-state index contributed by atoms with van der Waals surface area (Å²) in [4.78, 5) is 24.8. The van der Waals surface area contributed by atoms with Crippen LogP contribution in [0.25, 0.3) is 0 Å². The fraction of sp³-hybridized carbons (Fsp3) is 0.588. The number of methoxy groups -OCH3 is 1. The molecule has 1 aliphatic rings. The second kappa shape index (κ2) is 8.55. The Morgan fingerprint density at radius 1 is 1.41 bits per heavy atom. The summed E-state index contributed by atoms with van der Waals surface area (Å²) >= 11 is 0. The quantitative estimate of drug-likeness (QED) is 0.481. The van der Waals surface area contributed by atoms with Crippen LogP contribution in [0.4, 0.5) is 5.69 Å². The van der Waals surface area contributed by atoms with Crippen molar-refractivity contribution in [1.29, 1.82) is 0 Å². The number of nitro groups is 1. The van der Waals surface area contributed by atoms with Gasteiger partial charge in [0.05, 0.1) is 29.6 Å². The van der Waals surface area contributed by atoms with E-state index in [-0.39, 0.29) is 34.9 Å². The lowest BCUT2D eigenvalue weighted by Crippen LogP contribution is -2.45. The Labute approximate surface area is 158 Å². The molecule has 0 unspecified atom stereocenters. The van der Waals surface area contributed by atoms with E-state index in [9.17, 15) is 23.3 Å². The predicted molar refractivity (Wildman–Crippen MR) is 98.8 cm³/mol. The lowest BCUT2D eigenvalue weighted by atomic mass is 10.1. The van der Waals surface area contributed by atoms with E-state index in [1.165, 1.54) is 30.2 Å². The molecule has 1 aromatic carbocycles. The first-order valence-electron chi connectivity index (χ1n) is 8.58. The number of rotatable bonds is 8. The second-order valence-electron chi connectivity index (χ2n) is 6.88. The van der Waals surface area contributed by atoms with E-state index in [4.69, 9.17) is 9.47 Å². The van der Waals surface area contributed by atoms with Crippen molar-refractivity contribution >= 4 is 21.4 Å². The number of ether oxygens (including phenoxy) is 2. The van der Waals surface area contributed by atoms with Crippen molar-refractivity contribution in [3.63, 3.8) is 0 Å². The van der Waals surface area contributed by atoms with Crippen molar-refractivity contribution in [3.05, 3.63) is 28.3 Å². The molecule has 1 aliphatic heterocycles. The topological polar surface area (TPSA) is 116 Å². The van der Waals surface area contributed by atoms with Crippen LogP contribution < -0.4 is 9.47 Å². The van der Waals surface area contributed by atoms with Crippen molar-refractivity contribution in [2.24, 2.45) is 5.92 Å². The number of amides is 1. The Hall–Kier alpha value is -2.36. The van der Waals surface area contributed by atoms with E-state index in [2.05, 4.69) is 0 Å². The minimum absolute atomic E-state index is 0.0438. The highest BCUT2D eigenvalue weighted by atomic mass is 32.2. The number of nitrogens with zero attached hydrogens (tertiary/aromatic N) is 2. The molecule has 1 fully saturated rings. The maximum Gasteiger partial charge on any atom is 0.314 e. The van der Waals surface area contributed by atoms with Crippen molar-refractivity contribution in [2.45, 2.75) is 26.3 Å². The zero-order valence-electron chi connectivity index (χ0n) is 15.6. The number of sulfone groups is 1. The molecule has 2 rings (SSSR count). The van der Waals surface area contributed by atoms with E-state index in [0.717, 1.165) is 0 Å². The van der Waals surface area contributed by atoms with Crippen LogP contribution in [0.2, 0.25) is 0 Å². The molecule has 1 atom stereocenters. The fourth-order valence-electron chi connectivity index (χ4n) is 2.98. The molecule has 10 heteroatoms. The van der Waals surface area contributed by atoms with E-state index in [1.54, 1.807) is 0 Å². The molecule has 0 aromatic heterocycles. The van der Waals surface area contributed by atoms with Crippen LogP contribution in [-0.2, 0) is 14.6 Å². The Kier molecular flexibility index (Phi) is 6.63. The molecule has 1 heterocycles. The number of carbonyl (C=O) groups is 1. The summed E-state index contributed by atoms with van der Waals surface area (Å²) in [5, 5.41) is 11.2. The van der Waals surface area contributed by atoms with E-state index in [1.807, 2.05) is 13.8 Å². The van der Waals surface area contributed by atoms with Gasteiger partial charge in [0.15, 0.2) is 22.2 Å². The predicted octanol–water partition coefficient (Wildman–Crippen LogP) is 1.65. The highest BCUT2D eigenvalue weighted by molar-refractivity contribution is 7.91. The van der Waals surface area contributed by atoms with Crippen LogP contribution in [0.15, 0.2) is 18.2 Å². The zero-order chi connectivity index (χ0) is 20.2. The normalized spacial score (nSPS) is 18.3. The van der Waals surface area contributed by atoms with Gasteiger partial charge in [-0.2, -0.15) is 0 Å². The Bertz CT molecular complexity index is 807. The van der Waals surface area contributed by atoms with E-state index >= 15 is 0 Å². The summed E-state index contributed by atoms with van der Waals surface area (Å²) < 4.78 is 33.9.